The number of carbonyl (C=O) groups excluding carboxylic acids is 1. The summed E-state index contributed by atoms with van der Waals surface area (Å²) in [4.78, 5) is 29.5. The number of hydrogen-bond donors (Lipinski definition) is 0. The SMILES string of the molecule is COc1cc2nc(C3CCN(C(=O)OCc4ccccc4)CC3)nc(N3CCN(c4ccccc4OC)CC3)c2cc1OC. The van der Waals surface area contributed by atoms with Crippen LogP contribution >= 0.6 is 0 Å². The minimum Gasteiger partial charge on any atom is -0.495 e. The maximum absolute atomic E-state index is 12.8. The van der Waals surface area contributed by atoms with Crippen LogP contribution in [0, 0.1) is 0 Å². The molecule has 6 rings (SSSR count). The van der Waals surface area contributed by atoms with Crippen molar-refractivity contribution in [2.75, 3.05) is 70.4 Å². The minimum absolute atomic E-state index is 0.124. The number of piperazine rings is 1. The Balaban J connectivity index is 1.21. The van der Waals surface area contributed by atoms with Crippen molar-refractivity contribution >= 4 is 28.5 Å². The number of carbonyl (C=O) groups is 1. The van der Waals surface area contributed by atoms with E-state index in [-0.39, 0.29) is 18.6 Å². The monoisotopic (exact) mass is 597 g/mol. The molecule has 0 aliphatic carbocycles. The molecule has 0 atom stereocenters. The zero-order valence-electron chi connectivity index (χ0n) is 25.6. The molecule has 4 aromatic rings. The first-order valence-corrected chi connectivity index (χ1v) is 15.1. The van der Waals surface area contributed by atoms with E-state index in [4.69, 9.17) is 28.9 Å². The third-order valence-electron chi connectivity index (χ3n) is 8.53. The first-order chi connectivity index (χ1) is 21.6. The van der Waals surface area contributed by atoms with E-state index in [1.807, 2.05) is 60.7 Å². The maximum Gasteiger partial charge on any atom is 0.410 e. The van der Waals surface area contributed by atoms with E-state index in [0.29, 0.717) is 24.6 Å². The molecule has 3 heterocycles. The lowest BCUT2D eigenvalue weighted by Gasteiger charge is -2.38. The Labute approximate surface area is 258 Å². The Bertz CT molecular complexity index is 1580. The first kappa shape index (κ1) is 29.3. The van der Waals surface area contributed by atoms with E-state index in [1.54, 1.807) is 26.2 Å². The number of nitrogens with zero attached hydrogens (tertiary/aromatic N) is 5. The fourth-order valence-electron chi connectivity index (χ4n) is 6.06. The van der Waals surface area contributed by atoms with Gasteiger partial charge in [-0.3, -0.25) is 0 Å². The Hall–Kier alpha value is -4.73. The molecule has 1 aromatic heterocycles. The van der Waals surface area contributed by atoms with Gasteiger partial charge in [0.1, 0.15) is 24.0 Å². The standard InChI is InChI=1S/C34H39N5O5/c1-41-29-12-8-7-11-28(29)37-17-19-38(20-18-37)33-26-21-30(42-2)31(43-3)22-27(26)35-32(36-33)25-13-15-39(16-14-25)34(40)44-23-24-9-5-4-6-10-24/h4-12,21-22,25H,13-20,23H2,1-3H3. The summed E-state index contributed by atoms with van der Waals surface area (Å²) in [7, 11) is 4.99. The van der Waals surface area contributed by atoms with Crippen LogP contribution in [0.15, 0.2) is 66.7 Å². The molecule has 2 aliphatic rings. The van der Waals surface area contributed by atoms with Crippen molar-refractivity contribution in [3.63, 3.8) is 0 Å². The van der Waals surface area contributed by atoms with Gasteiger partial charge in [-0.25, -0.2) is 14.8 Å². The quantitative estimate of drug-likeness (QED) is 0.261. The van der Waals surface area contributed by atoms with Crippen molar-refractivity contribution in [3.8, 4) is 17.2 Å². The van der Waals surface area contributed by atoms with Crippen LogP contribution in [0.4, 0.5) is 16.3 Å². The molecule has 0 spiro atoms. The number of amides is 1. The minimum atomic E-state index is -0.280. The Morgan fingerprint density at radius 1 is 0.750 bits per heavy atom. The number of benzene rings is 3. The number of ether oxygens (including phenoxy) is 4. The van der Waals surface area contributed by atoms with Gasteiger partial charge in [-0.05, 0) is 36.6 Å². The van der Waals surface area contributed by atoms with Crippen molar-refractivity contribution in [3.05, 3.63) is 78.1 Å². The first-order valence-electron chi connectivity index (χ1n) is 15.1. The van der Waals surface area contributed by atoms with Crippen LogP contribution in [0.1, 0.15) is 30.1 Å². The van der Waals surface area contributed by atoms with Crippen molar-refractivity contribution < 1.29 is 23.7 Å². The van der Waals surface area contributed by atoms with E-state index in [1.165, 1.54) is 0 Å². The fourth-order valence-corrected chi connectivity index (χ4v) is 6.06. The van der Waals surface area contributed by atoms with E-state index >= 15 is 0 Å². The van der Waals surface area contributed by atoms with E-state index in [0.717, 1.165) is 78.6 Å². The summed E-state index contributed by atoms with van der Waals surface area (Å²) < 4.78 is 22.5. The zero-order valence-corrected chi connectivity index (χ0v) is 25.6. The molecule has 230 valence electrons. The average Bonchev–Trinajstić information content (AvgIpc) is 3.10. The number of hydrogen-bond acceptors (Lipinski definition) is 9. The molecule has 2 aliphatic heterocycles. The Kier molecular flexibility index (Phi) is 8.86. The van der Waals surface area contributed by atoms with Gasteiger partial charge in [-0.1, -0.05) is 42.5 Å². The number of rotatable bonds is 8. The molecular weight excluding hydrogens is 558 g/mol. The summed E-state index contributed by atoms with van der Waals surface area (Å²) in [5, 5.41) is 0.930. The van der Waals surface area contributed by atoms with Gasteiger partial charge < -0.3 is 33.6 Å². The summed E-state index contributed by atoms with van der Waals surface area (Å²) in [5.41, 5.74) is 2.89. The lowest BCUT2D eigenvalue weighted by atomic mass is 9.96. The van der Waals surface area contributed by atoms with Crippen LogP contribution in [-0.4, -0.2) is 81.6 Å². The van der Waals surface area contributed by atoms with Gasteiger partial charge in [-0.2, -0.15) is 0 Å². The highest BCUT2D eigenvalue weighted by molar-refractivity contribution is 5.92. The summed E-state index contributed by atoms with van der Waals surface area (Å²) >= 11 is 0. The van der Waals surface area contributed by atoms with Crippen LogP contribution in [0.2, 0.25) is 0 Å². The molecule has 0 radical (unpaired) electrons. The molecule has 0 saturated carbocycles. The highest BCUT2D eigenvalue weighted by Crippen LogP contribution is 2.38. The average molecular weight is 598 g/mol. The molecule has 3 aromatic carbocycles. The van der Waals surface area contributed by atoms with Crippen molar-refractivity contribution in [2.24, 2.45) is 0 Å². The normalized spacial score (nSPS) is 15.8. The van der Waals surface area contributed by atoms with Gasteiger partial charge in [0.05, 0.1) is 32.5 Å². The van der Waals surface area contributed by atoms with Gasteiger partial charge in [0.25, 0.3) is 0 Å². The number of para-hydroxylation sites is 2. The smallest absolute Gasteiger partial charge is 0.410 e. The second-order valence-corrected chi connectivity index (χ2v) is 11.1. The van der Waals surface area contributed by atoms with Crippen LogP contribution < -0.4 is 24.0 Å². The highest BCUT2D eigenvalue weighted by Gasteiger charge is 2.29. The van der Waals surface area contributed by atoms with E-state index < -0.39 is 0 Å². The van der Waals surface area contributed by atoms with E-state index in [2.05, 4.69) is 15.9 Å². The zero-order chi connectivity index (χ0) is 30.5. The molecule has 0 bridgehead atoms. The van der Waals surface area contributed by atoms with Crippen LogP contribution in [0.5, 0.6) is 17.2 Å². The molecular formula is C34H39N5O5. The highest BCUT2D eigenvalue weighted by atomic mass is 16.6. The molecule has 10 heteroatoms. The molecule has 44 heavy (non-hydrogen) atoms. The van der Waals surface area contributed by atoms with Crippen molar-refractivity contribution in [2.45, 2.75) is 25.4 Å². The predicted octanol–water partition coefficient (Wildman–Crippen LogP) is 5.50. The number of methoxy groups -OCH3 is 3. The van der Waals surface area contributed by atoms with Gasteiger partial charge >= 0.3 is 6.09 Å². The lowest BCUT2D eigenvalue weighted by Crippen LogP contribution is -2.47. The van der Waals surface area contributed by atoms with E-state index in [9.17, 15) is 4.79 Å². The third kappa shape index (κ3) is 6.15. The Morgan fingerprint density at radius 2 is 1.39 bits per heavy atom. The topological polar surface area (TPSA) is 89.5 Å². The summed E-state index contributed by atoms with van der Waals surface area (Å²) in [6, 6.07) is 21.8. The van der Waals surface area contributed by atoms with Gasteiger partial charge in [0, 0.05) is 56.6 Å². The molecule has 1 amide bonds. The fraction of sp³-hybridized carbons (Fsp3) is 0.382. The largest absolute Gasteiger partial charge is 0.495 e. The molecule has 0 unspecified atom stereocenters. The van der Waals surface area contributed by atoms with Crippen LogP contribution in [-0.2, 0) is 11.3 Å². The predicted molar refractivity (Wildman–Crippen MR) is 170 cm³/mol. The summed E-state index contributed by atoms with van der Waals surface area (Å²) in [5.74, 6) is 3.97. The third-order valence-corrected chi connectivity index (χ3v) is 8.53. The summed E-state index contributed by atoms with van der Waals surface area (Å²) in [6.07, 6.45) is 1.25. The van der Waals surface area contributed by atoms with Crippen LogP contribution in [0.25, 0.3) is 10.9 Å². The number of anilines is 2. The molecule has 2 saturated heterocycles. The second-order valence-electron chi connectivity index (χ2n) is 11.1. The van der Waals surface area contributed by atoms with Crippen LogP contribution in [0.3, 0.4) is 0 Å². The summed E-state index contributed by atoms with van der Waals surface area (Å²) in [6.45, 7) is 4.71. The number of aromatic nitrogens is 2. The van der Waals surface area contributed by atoms with Gasteiger partial charge in [-0.15, -0.1) is 0 Å². The Morgan fingerprint density at radius 3 is 2.09 bits per heavy atom. The number of fused-ring (bicyclic) bond motifs is 1. The number of piperidine rings is 1. The van der Waals surface area contributed by atoms with Gasteiger partial charge in [0.2, 0.25) is 0 Å². The molecule has 0 N–H and O–H groups in total. The lowest BCUT2D eigenvalue weighted by molar-refractivity contribution is 0.0866. The van der Waals surface area contributed by atoms with Crippen molar-refractivity contribution in [1.29, 1.82) is 0 Å². The molecule has 10 nitrogen and oxygen atoms in total. The second kappa shape index (κ2) is 13.3. The number of likely N-dealkylation sites (tertiary alicyclic amines) is 1. The molecule has 2 fully saturated rings. The maximum atomic E-state index is 12.8. The van der Waals surface area contributed by atoms with Gasteiger partial charge in [0.15, 0.2) is 11.5 Å². The van der Waals surface area contributed by atoms with Crippen molar-refractivity contribution in [1.82, 2.24) is 14.9 Å².